The first-order chi connectivity index (χ1) is 16.2. The third kappa shape index (κ3) is 3.43. The first kappa shape index (κ1) is 19.3. The molecular weight excluding hydrogens is 423 g/mol. The van der Waals surface area contributed by atoms with Crippen LogP contribution >= 0.6 is 0 Å². The molecule has 0 aliphatic carbocycles. The topological polar surface area (TPSA) is 85.5 Å². The summed E-state index contributed by atoms with van der Waals surface area (Å²) in [5, 5.41) is 5.72. The molecule has 4 heterocycles. The second-order valence-electron chi connectivity index (χ2n) is 7.74. The van der Waals surface area contributed by atoms with Gasteiger partial charge in [-0.3, -0.25) is 9.88 Å². The minimum Gasteiger partial charge on any atom is -0.447 e. The Morgan fingerprint density at radius 3 is 2.79 bits per heavy atom. The molecule has 0 radical (unpaired) electrons. The first-order valence-corrected chi connectivity index (χ1v) is 10.4. The fourth-order valence-electron chi connectivity index (χ4n) is 4.01. The molecule has 5 aromatic rings. The summed E-state index contributed by atoms with van der Waals surface area (Å²) in [5.41, 5.74) is 4.13. The number of cyclic esters (lactones) is 1. The summed E-state index contributed by atoms with van der Waals surface area (Å²) < 4.78 is 21.4. The molecule has 1 saturated heterocycles. The Bertz CT molecular complexity index is 1530. The zero-order chi connectivity index (χ0) is 22.4. The summed E-state index contributed by atoms with van der Waals surface area (Å²) in [5.74, 6) is -0.0583. The number of halogens is 1. The van der Waals surface area contributed by atoms with Crippen LogP contribution in [0.25, 0.3) is 27.9 Å². The molecule has 0 unspecified atom stereocenters. The molecule has 162 valence electrons. The zero-order valence-corrected chi connectivity index (χ0v) is 17.3. The monoisotopic (exact) mass is 440 g/mol. The predicted molar refractivity (Wildman–Crippen MR) is 119 cm³/mol. The number of rotatable bonds is 4. The van der Waals surface area contributed by atoms with E-state index in [0.29, 0.717) is 30.0 Å². The van der Waals surface area contributed by atoms with Crippen LogP contribution in [0.2, 0.25) is 0 Å². The highest BCUT2D eigenvalue weighted by Crippen LogP contribution is 2.27. The number of pyridine rings is 1. The van der Waals surface area contributed by atoms with Gasteiger partial charge < -0.3 is 4.74 Å². The van der Waals surface area contributed by atoms with E-state index in [-0.39, 0.29) is 12.3 Å². The number of imidazole rings is 1. The second kappa shape index (κ2) is 7.63. The van der Waals surface area contributed by atoms with Crippen molar-refractivity contribution < 1.29 is 13.9 Å². The Balaban J connectivity index is 1.34. The number of carbonyl (C=O) groups excluding carboxylic acids is 1. The van der Waals surface area contributed by atoms with Gasteiger partial charge in [0.15, 0.2) is 0 Å². The van der Waals surface area contributed by atoms with E-state index in [1.165, 1.54) is 11.0 Å². The van der Waals surface area contributed by atoms with Crippen LogP contribution in [0.1, 0.15) is 11.3 Å². The molecule has 1 aliphatic heterocycles. The van der Waals surface area contributed by atoms with Crippen molar-refractivity contribution in [2.24, 2.45) is 0 Å². The van der Waals surface area contributed by atoms with Crippen molar-refractivity contribution in [3.05, 3.63) is 84.2 Å². The number of anilines is 1. The lowest BCUT2D eigenvalue weighted by Crippen LogP contribution is -2.24. The summed E-state index contributed by atoms with van der Waals surface area (Å²) in [4.78, 5) is 26.1. The number of benzene rings is 2. The molecule has 1 amide bonds. The molecule has 0 saturated carbocycles. The van der Waals surface area contributed by atoms with E-state index in [0.717, 1.165) is 22.2 Å². The standard InChI is InChI=1S/C24H17FN6O2/c25-19-12-17(4-6-22(19)30-8-9-33-24(30)32)21-14-28-23-27-13-18(31(23)29-21)11-15-3-5-20-16(10-15)2-1-7-26-20/h1-7,10,12-14H,8-9,11H2. The number of fused-ring (bicyclic) bond motifs is 2. The van der Waals surface area contributed by atoms with E-state index in [2.05, 4.69) is 26.1 Å². The fraction of sp³-hybridized carbons (Fsp3) is 0.125. The molecular formula is C24H17FN6O2. The highest BCUT2D eigenvalue weighted by atomic mass is 19.1. The van der Waals surface area contributed by atoms with Crippen LogP contribution in [-0.2, 0) is 11.2 Å². The van der Waals surface area contributed by atoms with Crippen molar-refractivity contribution in [1.82, 2.24) is 24.6 Å². The maximum absolute atomic E-state index is 14.8. The number of nitrogens with zero attached hydrogens (tertiary/aromatic N) is 6. The normalized spacial score (nSPS) is 13.7. The van der Waals surface area contributed by atoms with Crippen molar-refractivity contribution >= 4 is 28.5 Å². The highest BCUT2D eigenvalue weighted by molar-refractivity contribution is 5.89. The lowest BCUT2D eigenvalue weighted by atomic mass is 10.1. The number of hydrogen-bond acceptors (Lipinski definition) is 6. The van der Waals surface area contributed by atoms with E-state index < -0.39 is 11.9 Å². The molecule has 6 rings (SSSR count). The van der Waals surface area contributed by atoms with Gasteiger partial charge in [-0.15, -0.1) is 0 Å². The Morgan fingerprint density at radius 2 is 1.94 bits per heavy atom. The van der Waals surface area contributed by atoms with Crippen LogP contribution in [-0.4, -0.2) is 43.8 Å². The van der Waals surface area contributed by atoms with E-state index in [4.69, 9.17) is 4.74 Å². The highest BCUT2D eigenvalue weighted by Gasteiger charge is 2.26. The Kier molecular flexibility index (Phi) is 4.46. The van der Waals surface area contributed by atoms with Crippen LogP contribution < -0.4 is 4.90 Å². The van der Waals surface area contributed by atoms with Gasteiger partial charge in [0.25, 0.3) is 5.78 Å². The largest absolute Gasteiger partial charge is 0.447 e. The van der Waals surface area contributed by atoms with Gasteiger partial charge in [-0.2, -0.15) is 5.10 Å². The quantitative estimate of drug-likeness (QED) is 0.420. The van der Waals surface area contributed by atoms with Gasteiger partial charge in [0.2, 0.25) is 0 Å². The summed E-state index contributed by atoms with van der Waals surface area (Å²) in [7, 11) is 0. The third-order valence-corrected chi connectivity index (χ3v) is 5.65. The van der Waals surface area contributed by atoms with Crippen molar-refractivity contribution in [2.75, 3.05) is 18.1 Å². The van der Waals surface area contributed by atoms with Crippen molar-refractivity contribution in [3.8, 4) is 11.3 Å². The average molecular weight is 440 g/mol. The van der Waals surface area contributed by atoms with Gasteiger partial charge in [-0.05, 0) is 35.9 Å². The first-order valence-electron chi connectivity index (χ1n) is 10.4. The lowest BCUT2D eigenvalue weighted by molar-refractivity contribution is 0.181. The van der Waals surface area contributed by atoms with Crippen LogP contribution in [0.3, 0.4) is 0 Å². The maximum Gasteiger partial charge on any atom is 0.414 e. The predicted octanol–water partition coefficient (Wildman–Crippen LogP) is 4.03. The number of amides is 1. The summed E-state index contributed by atoms with van der Waals surface area (Å²) in [6.45, 7) is 0.573. The lowest BCUT2D eigenvalue weighted by Gasteiger charge is -2.14. The van der Waals surface area contributed by atoms with Crippen LogP contribution in [0.15, 0.2) is 67.1 Å². The maximum atomic E-state index is 14.8. The number of hydrogen-bond donors (Lipinski definition) is 0. The molecule has 2 aromatic carbocycles. The van der Waals surface area contributed by atoms with E-state index >= 15 is 0 Å². The Labute approximate surface area is 187 Å². The zero-order valence-electron chi connectivity index (χ0n) is 17.3. The number of ether oxygens (including phenoxy) is 1. The van der Waals surface area contributed by atoms with E-state index in [1.54, 1.807) is 35.2 Å². The molecule has 0 spiro atoms. The van der Waals surface area contributed by atoms with Gasteiger partial charge in [0.05, 0.1) is 35.8 Å². The molecule has 0 atom stereocenters. The molecule has 1 aliphatic rings. The van der Waals surface area contributed by atoms with Crippen molar-refractivity contribution in [1.29, 1.82) is 0 Å². The molecule has 0 N–H and O–H groups in total. The van der Waals surface area contributed by atoms with Crippen LogP contribution in [0, 0.1) is 5.82 Å². The van der Waals surface area contributed by atoms with Crippen molar-refractivity contribution in [3.63, 3.8) is 0 Å². The van der Waals surface area contributed by atoms with E-state index in [9.17, 15) is 9.18 Å². The molecule has 3 aromatic heterocycles. The van der Waals surface area contributed by atoms with Crippen LogP contribution in [0.5, 0.6) is 0 Å². The van der Waals surface area contributed by atoms with E-state index in [1.807, 2.05) is 24.3 Å². The number of carbonyl (C=O) groups is 1. The summed E-state index contributed by atoms with van der Waals surface area (Å²) in [6.07, 6.45) is 5.14. The summed E-state index contributed by atoms with van der Waals surface area (Å²) >= 11 is 0. The average Bonchev–Trinajstić information content (AvgIpc) is 3.44. The van der Waals surface area contributed by atoms with Crippen molar-refractivity contribution in [2.45, 2.75) is 6.42 Å². The minimum atomic E-state index is -0.546. The Hall–Kier alpha value is -4.40. The molecule has 9 heteroatoms. The number of aromatic nitrogens is 5. The molecule has 0 bridgehead atoms. The Morgan fingerprint density at radius 1 is 1.03 bits per heavy atom. The second-order valence-corrected chi connectivity index (χ2v) is 7.74. The smallest absolute Gasteiger partial charge is 0.414 e. The molecule has 33 heavy (non-hydrogen) atoms. The van der Waals surface area contributed by atoms with Crippen LogP contribution in [0.4, 0.5) is 14.9 Å². The molecule has 8 nitrogen and oxygen atoms in total. The molecule has 1 fully saturated rings. The third-order valence-electron chi connectivity index (χ3n) is 5.65. The van der Waals surface area contributed by atoms with Gasteiger partial charge in [-0.25, -0.2) is 23.7 Å². The van der Waals surface area contributed by atoms with Gasteiger partial charge >= 0.3 is 6.09 Å². The van der Waals surface area contributed by atoms with Gasteiger partial charge in [-0.1, -0.05) is 18.2 Å². The van der Waals surface area contributed by atoms with Gasteiger partial charge in [0, 0.05) is 23.6 Å². The summed E-state index contributed by atoms with van der Waals surface area (Å²) in [6, 6.07) is 14.7. The van der Waals surface area contributed by atoms with Gasteiger partial charge in [0.1, 0.15) is 18.1 Å². The SMILES string of the molecule is O=C1OCCN1c1ccc(-c2cnc3ncc(Cc4ccc5ncccc5c4)n3n2)cc1F. The minimum absolute atomic E-state index is 0.185. The fourth-order valence-corrected chi connectivity index (χ4v) is 4.01.